The molecule has 1 aliphatic rings. The molecule has 1 amide bonds. The zero-order chi connectivity index (χ0) is 29.5. The van der Waals surface area contributed by atoms with E-state index in [0.717, 1.165) is 44.5 Å². The van der Waals surface area contributed by atoms with Gasteiger partial charge in [0.2, 0.25) is 17.7 Å². The summed E-state index contributed by atoms with van der Waals surface area (Å²) in [5, 5.41) is 14.9. The Labute approximate surface area is 236 Å². The molecule has 3 heterocycles. The van der Waals surface area contributed by atoms with Gasteiger partial charge in [0.1, 0.15) is 29.0 Å². The lowest BCUT2D eigenvalue weighted by atomic mass is 9.92. The topological polar surface area (TPSA) is 144 Å². The number of nitrogens with one attached hydrogen (secondary N) is 1. The number of carbonyl (C=O) groups is 2. The zero-order valence-electron chi connectivity index (χ0n) is 23.3. The Balaban J connectivity index is 1.20. The van der Waals surface area contributed by atoms with Crippen molar-refractivity contribution < 1.29 is 32.7 Å². The summed E-state index contributed by atoms with van der Waals surface area (Å²) in [5.74, 6) is -2.11. The fourth-order valence-electron chi connectivity index (χ4n) is 4.57. The fraction of sp³-hybridized carbons (Fsp3) is 0.500. The van der Waals surface area contributed by atoms with Gasteiger partial charge in [-0.2, -0.15) is 4.98 Å². The third kappa shape index (κ3) is 7.95. The van der Waals surface area contributed by atoms with Crippen molar-refractivity contribution in [1.82, 2.24) is 25.4 Å². The predicted molar refractivity (Wildman–Crippen MR) is 144 cm³/mol. The first-order valence-corrected chi connectivity index (χ1v) is 13.7. The molecule has 1 atom stereocenters. The maximum atomic E-state index is 14.4. The number of carbonyl (C=O) groups excluding carboxylic acids is 1. The highest BCUT2D eigenvalue weighted by atomic mass is 19.1. The number of rotatable bonds is 12. The molecule has 1 fully saturated rings. The summed E-state index contributed by atoms with van der Waals surface area (Å²) >= 11 is 0. The smallest absolute Gasteiger partial charge is 0.325 e. The summed E-state index contributed by atoms with van der Waals surface area (Å²) in [6.45, 7) is 7.26. The number of nitrogens with zero attached hydrogens (tertiary/aromatic N) is 5. The first-order valence-electron chi connectivity index (χ1n) is 13.7. The van der Waals surface area contributed by atoms with E-state index in [1.165, 1.54) is 6.92 Å². The third-order valence-corrected chi connectivity index (χ3v) is 6.83. The third-order valence-electron chi connectivity index (χ3n) is 6.83. The van der Waals surface area contributed by atoms with Gasteiger partial charge in [0.15, 0.2) is 0 Å². The standard InChI is InChI=1S/C28H34F2N6O5/c1-16(2)11-23-34-25(35-41-23)19-14-31-28(32-15-19)36-8-6-18(7-9-36)5-4-10-40-20-12-21(29)24(22(30)13-20)26(37)33-17(3)27(38)39/h12-18H,4-11H2,1-3H3,(H,33,37)(H,38,39)/t17-/m0/s1. The van der Waals surface area contributed by atoms with Crippen molar-refractivity contribution in [3.8, 4) is 17.1 Å². The lowest BCUT2D eigenvalue weighted by Crippen LogP contribution is -2.39. The molecule has 1 saturated heterocycles. The van der Waals surface area contributed by atoms with Gasteiger partial charge in [-0.15, -0.1) is 0 Å². The molecule has 0 radical (unpaired) electrons. The van der Waals surface area contributed by atoms with E-state index in [1.807, 2.05) is 5.32 Å². The Hall–Kier alpha value is -4.16. The fourth-order valence-corrected chi connectivity index (χ4v) is 4.57. The van der Waals surface area contributed by atoms with E-state index in [1.54, 1.807) is 12.4 Å². The van der Waals surface area contributed by atoms with Crippen LogP contribution in [0.15, 0.2) is 29.0 Å². The number of aromatic nitrogens is 4. The maximum Gasteiger partial charge on any atom is 0.325 e. The molecular formula is C28H34F2N6O5. The number of piperidine rings is 1. The average Bonchev–Trinajstić information content (AvgIpc) is 3.39. The van der Waals surface area contributed by atoms with E-state index in [4.69, 9.17) is 14.4 Å². The van der Waals surface area contributed by atoms with E-state index in [0.29, 0.717) is 47.9 Å². The van der Waals surface area contributed by atoms with Crippen molar-refractivity contribution in [2.75, 3.05) is 24.6 Å². The lowest BCUT2D eigenvalue weighted by Gasteiger charge is -2.32. The van der Waals surface area contributed by atoms with Crippen molar-refractivity contribution >= 4 is 17.8 Å². The molecule has 0 bridgehead atoms. The number of hydrogen-bond donors (Lipinski definition) is 2. The molecule has 0 unspecified atom stereocenters. The molecule has 2 aromatic heterocycles. The molecule has 0 saturated carbocycles. The van der Waals surface area contributed by atoms with Crippen LogP contribution in [0.25, 0.3) is 11.4 Å². The van der Waals surface area contributed by atoms with Crippen LogP contribution in [-0.2, 0) is 11.2 Å². The molecule has 1 aliphatic heterocycles. The molecule has 2 N–H and O–H groups in total. The first-order chi connectivity index (χ1) is 19.6. The lowest BCUT2D eigenvalue weighted by molar-refractivity contribution is -0.138. The van der Waals surface area contributed by atoms with Gasteiger partial charge in [-0.25, -0.2) is 18.7 Å². The SMILES string of the molecule is CC(C)Cc1nc(-c2cnc(N3CCC(CCCOc4cc(F)c(C(=O)N[C@@H](C)C(=O)O)c(F)c4)CC3)nc2)no1. The monoisotopic (exact) mass is 572 g/mol. The van der Waals surface area contributed by atoms with Gasteiger partial charge in [-0.3, -0.25) is 9.59 Å². The van der Waals surface area contributed by atoms with Gasteiger partial charge in [-0.05, 0) is 44.4 Å². The molecule has 1 aromatic carbocycles. The van der Waals surface area contributed by atoms with E-state index in [2.05, 4.69) is 38.9 Å². The molecule has 0 aliphatic carbocycles. The molecule has 3 aromatic rings. The second kappa shape index (κ2) is 13.5. The number of ether oxygens (including phenoxy) is 1. The van der Waals surface area contributed by atoms with Crippen molar-refractivity contribution in [2.24, 2.45) is 11.8 Å². The first kappa shape index (κ1) is 29.8. The molecule has 11 nitrogen and oxygen atoms in total. The largest absolute Gasteiger partial charge is 0.493 e. The maximum absolute atomic E-state index is 14.4. The van der Waals surface area contributed by atoms with E-state index >= 15 is 0 Å². The zero-order valence-corrected chi connectivity index (χ0v) is 23.3. The van der Waals surface area contributed by atoms with E-state index < -0.39 is 35.1 Å². The minimum Gasteiger partial charge on any atom is -0.493 e. The summed E-state index contributed by atoms with van der Waals surface area (Å²) in [6.07, 6.45) is 7.62. The highest BCUT2D eigenvalue weighted by Gasteiger charge is 2.24. The molecule has 0 spiro atoms. The van der Waals surface area contributed by atoms with Crippen molar-refractivity contribution in [2.45, 2.75) is 58.9 Å². The van der Waals surface area contributed by atoms with Crippen LogP contribution in [0.4, 0.5) is 14.7 Å². The molecular weight excluding hydrogens is 538 g/mol. The Morgan fingerprint density at radius 1 is 1.15 bits per heavy atom. The van der Waals surface area contributed by atoms with Crippen LogP contribution in [0.2, 0.25) is 0 Å². The Morgan fingerprint density at radius 3 is 2.41 bits per heavy atom. The second-order valence-corrected chi connectivity index (χ2v) is 10.6. The number of hydrogen-bond acceptors (Lipinski definition) is 9. The molecule has 41 heavy (non-hydrogen) atoms. The van der Waals surface area contributed by atoms with Gasteiger partial charge in [0.05, 0.1) is 12.2 Å². The van der Waals surface area contributed by atoms with Crippen molar-refractivity contribution in [3.05, 3.63) is 47.6 Å². The predicted octanol–water partition coefficient (Wildman–Crippen LogP) is 4.28. The minimum absolute atomic E-state index is 0.0322. The van der Waals surface area contributed by atoms with Crippen LogP contribution in [0, 0.1) is 23.5 Å². The number of anilines is 1. The van der Waals surface area contributed by atoms with Gasteiger partial charge in [0, 0.05) is 44.0 Å². The second-order valence-electron chi connectivity index (χ2n) is 10.6. The van der Waals surface area contributed by atoms with Crippen LogP contribution < -0.4 is 15.0 Å². The number of carboxylic acid groups (broad SMARTS) is 1. The number of aliphatic carboxylic acids is 1. The Kier molecular flexibility index (Phi) is 9.79. The Morgan fingerprint density at radius 2 is 1.80 bits per heavy atom. The highest BCUT2D eigenvalue weighted by Crippen LogP contribution is 2.26. The molecule has 4 rings (SSSR count). The van der Waals surface area contributed by atoms with Crippen LogP contribution >= 0.6 is 0 Å². The van der Waals surface area contributed by atoms with Gasteiger partial charge in [-0.1, -0.05) is 19.0 Å². The Bertz CT molecular complexity index is 1320. The van der Waals surface area contributed by atoms with Crippen LogP contribution in [0.3, 0.4) is 0 Å². The van der Waals surface area contributed by atoms with Crippen LogP contribution in [-0.4, -0.2) is 62.8 Å². The summed E-state index contributed by atoms with van der Waals surface area (Å²) in [6, 6.07) is 0.565. The van der Waals surface area contributed by atoms with Gasteiger partial charge >= 0.3 is 5.97 Å². The van der Waals surface area contributed by atoms with E-state index in [-0.39, 0.29) is 12.4 Å². The summed E-state index contributed by atoms with van der Waals surface area (Å²) in [5.41, 5.74) is -0.144. The van der Waals surface area contributed by atoms with Crippen LogP contribution in [0.1, 0.15) is 62.7 Å². The van der Waals surface area contributed by atoms with E-state index in [9.17, 15) is 18.4 Å². The van der Waals surface area contributed by atoms with Crippen LogP contribution in [0.5, 0.6) is 5.75 Å². The summed E-state index contributed by atoms with van der Waals surface area (Å²) in [7, 11) is 0. The number of carboxylic acids is 1. The quantitative estimate of drug-likeness (QED) is 0.302. The number of amides is 1. The molecule has 220 valence electrons. The normalized spacial score (nSPS) is 14.7. The number of benzene rings is 1. The molecule has 13 heteroatoms. The van der Waals surface area contributed by atoms with Gasteiger partial charge in [0.25, 0.3) is 5.91 Å². The van der Waals surface area contributed by atoms with Crippen molar-refractivity contribution in [1.29, 1.82) is 0 Å². The van der Waals surface area contributed by atoms with Crippen molar-refractivity contribution in [3.63, 3.8) is 0 Å². The average molecular weight is 573 g/mol. The number of halogens is 2. The summed E-state index contributed by atoms with van der Waals surface area (Å²) in [4.78, 5) is 38.5. The minimum atomic E-state index is -1.32. The highest BCUT2D eigenvalue weighted by molar-refractivity contribution is 5.97. The summed E-state index contributed by atoms with van der Waals surface area (Å²) < 4.78 is 39.6. The van der Waals surface area contributed by atoms with Gasteiger partial charge < -0.3 is 24.6 Å².